The van der Waals surface area contributed by atoms with E-state index in [0.717, 1.165) is 13.1 Å². The van der Waals surface area contributed by atoms with Crippen LogP contribution < -0.4 is 0 Å². The summed E-state index contributed by atoms with van der Waals surface area (Å²) in [6.07, 6.45) is 1.58. The van der Waals surface area contributed by atoms with Crippen molar-refractivity contribution in [3.05, 3.63) is 24.3 Å². The van der Waals surface area contributed by atoms with E-state index in [2.05, 4.69) is 22.0 Å². The molecule has 0 spiro atoms. The number of likely N-dealkylation sites (tertiary alicyclic amines) is 1. The van der Waals surface area contributed by atoms with Gasteiger partial charge in [-0.3, -0.25) is 4.90 Å². The first kappa shape index (κ1) is 12.4. The van der Waals surface area contributed by atoms with Crippen molar-refractivity contribution < 1.29 is 13.9 Å². The van der Waals surface area contributed by atoms with E-state index in [1.807, 2.05) is 0 Å². The van der Waals surface area contributed by atoms with Crippen LogP contribution in [0.2, 0.25) is 0 Å². The molecule has 19 heavy (non-hydrogen) atoms. The van der Waals surface area contributed by atoms with Crippen molar-refractivity contribution in [2.75, 3.05) is 19.7 Å². The van der Waals surface area contributed by atoms with Crippen molar-refractivity contribution in [3.63, 3.8) is 0 Å². The van der Waals surface area contributed by atoms with Crippen molar-refractivity contribution in [2.45, 2.75) is 13.5 Å². The predicted molar refractivity (Wildman–Crippen MR) is 67.0 cm³/mol. The van der Waals surface area contributed by atoms with Crippen molar-refractivity contribution in [3.8, 4) is 11.7 Å². The van der Waals surface area contributed by atoms with Crippen LogP contribution in [0.3, 0.4) is 0 Å². The Morgan fingerprint density at radius 2 is 2.32 bits per heavy atom. The maximum absolute atomic E-state index is 9.26. The molecule has 102 valence electrons. The number of aliphatic hydroxyl groups is 1. The van der Waals surface area contributed by atoms with Gasteiger partial charge in [-0.05, 0) is 24.0 Å². The Hall–Kier alpha value is -1.66. The molecule has 6 nitrogen and oxygen atoms in total. The Balaban J connectivity index is 1.65. The Kier molecular flexibility index (Phi) is 3.35. The zero-order valence-corrected chi connectivity index (χ0v) is 10.8. The molecule has 3 heterocycles. The van der Waals surface area contributed by atoms with E-state index < -0.39 is 0 Å². The first-order valence-corrected chi connectivity index (χ1v) is 6.45. The third kappa shape index (κ3) is 2.54. The molecule has 0 aliphatic carbocycles. The first-order chi connectivity index (χ1) is 9.26. The van der Waals surface area contributed by atoms with Gasteiger partial charge in [-0.1, -0.05) is 6.92 Å². The maximum atomic E-state index is 9.26. The zero-order valence-electron chi connectivity index (χ0n) is 10.8. The lowest BCUT2D eigenvalue weighted by atomic mass is 10.00. The number of aliphatic hydroxyl groups excluding tert-OH is 1. The Morgan fingerprint density at radius 1 is 1.42 bits per heavy atom. The molecule has 0 amide bonds. The minimum absolute atomic E-state index is 0.235. The number of rotatable bonds is 4. The molecule has 1 saturated heterocycles. The molecule has 1 aliphatic rings. The van der Waals surface area contributed by atoms with E-state index in [1.54, 1.807) is 18.4 Å². The Labute approximate surface area is 111 Å². The van der Waals surface area contributed by atoms with Gasteiger partial charge in [0.2, 0.25) is 5.89 Å². The van der Waals surface area contributed by atoms with Gasteiger partial charge in [0.25, 0.3) is 5.89 Å². The van der Waals surface area contributed by atoms with Gasteiger partial charge in [0.15, 0.2) is 5.76 Å². The molecule has 1 N–H and O–H groups in total. The molecule has 2 atom stereocenters. The minimum Gasteiger partial charge on any atom is -0.459 e. The molecule has 2 aromatic rings. The van der Waals surface area contributed by atoms with Gasteiger partial charge in [-0.2, -0.15) is 0 Å². The Morgan fingerprint density at radius 3 is 3.00 bits per heavy atom. The number of aromatic nitrogens is 2. The summed E-state index contributed by atoms with van der Waals surface area (Å²) in [5.74, 6) is 2.41. The van der Waals surface area contributed by atoms with Crippen molar-refractivity contribution >= 4 is 0 Å². The highest BCUT2D eigenvalue weighted by Gasteiger charge is 2.29. The summed E-state index contributed by atoms with van der Waals surface area (Å²) >= 11 is 0. The smallest absolute Gasteiger partial charge is 0.283 e. The van der Waals surface area contributed by atoms with Crippen LogP contribution in [0, 0.1) is 11.8 Å². The average molecular weight is 263 g/mol. The van der Waals surface area contributed by atoms with E-state index in [-0.39, 0.29) is 6.61 Å². The summed E-state index contributed by atoms with van der Waals surface area (Å²) in [5, 5.41) is 17.3. The third-order valence-electron chi connectivity index (χ3n) is 3.64. The normalized spacial score (nSPS) is 24.1. The lowest BCUT2D eigenvalue weighted by molar-refractivity contribution is 0.202. The van der Waals surface area contributed by atoms with Crippen LogP contribution in [0.25, 0.3) is 11.7 Å². The molecular formula is C13H17N3O3. The molecule has 1 aliphatic heterocycles. The van der Waals surface area contributed by atoms with Gasteiger partial charge < -0.3 is 13.9 Å². The van der Waals surface area contributed by atoms with Gasteiger partial charge in [0.05, 0.1) is 12.8 Å². The van der Waals surface area contributed by atoms with Crippen molar-refractivity contribution in [1.29, 1.82) is 0 Å². The Bertz CT molecular complexity index is 523. The number of furan rings is 1. The van der Waals surface area contributed by atoms with Crippen LogP contribution in [0.5, 0.6) is 0 Å². The second-order valence-corrected chi connectivity index (χ2v) is 5.09. The number of hydrogen-bond donors (Lipinski definition) is 1. The summed E-state index contributed by atoms with van der Waals surface area (Å²) in [7, 11) is 0. The van der Waals surface area contributed by atoms with Crippen LogP contribution in [-0.4, -0.2) is 39.9 Å². The lowest BCUT2D eigenvalue weighted by Crippen LogP contribution is -2.21. The summed E-state index contributed by atoms with van der Waals surface area (Å²) in [6.45, 7) is 4.83. The summed E-state index contributed by atoms with van der Waals surface area (Å²) < 4.78 is 10.8. The highest BCUT2D eigenvalue weighted by Crippen LogP contribution is 2.24. The predicted octanol–water partition coefficient (Wildman–Crippen LogP) is 1.39. The standard InChI is InChI=1S/C13H17N3O3/c1-9-5-16(6-10(9)8-17)7-12-14-15-13(19-12)11-3-2-4-18-11/h2-4,9-10,17H,5-8H2,1H3/t9-,10+/m1/s1. The molecule has 0 radical (unpaired) electrons. The van der Waals surface area contributed by atoms with Crippen molar-refractivity contribution in [2.24, 2.45) is 11.8 Å². The summed E-state index contributed by atoms with van der Waals surface area (Å²) in [4.78, 5) is 2.23. The summed E-state index contributed by atoms with van der Waals surface area (Å²) in [5.41, 5.74) is 0. The van der Waals surface area contributed by atoms with E-state index in [0.29, 0.717) is 35.9 Å². The van der Waals surface area contributed by atoms with Gasteiger partial charge in [0.1, 0.15) is 0 Å². The van der Waals surface area contributed by atoms with Crippen LogP contribution in [0.4, 0.5) is 0 Å². The molecule has 2 aromatic heterocycles. The highest BCUT2D eigenvalue weighted by molar-refractivity contribution is 5.42. The molecule has 3 rings (SSSR count). The fourth-order valence-corrected chi connectivity index (χ4v) is 2.52. The van der Waals surface area contributed by atoms with E-state index in [1.165, 1.54) is 0 Å². The van der Waals surface area contributed by atoms with Gasteiger partial charge >= 0.3 is 0 Å². The van der Waals surface area contributed by atoms with Gasteiger partial charge in [-0.15, -0.1) is 10.2 Å². The van der Waals surface area contributed by atoms with Crippen LogP contribution >= 0.6 is 0 Å². The van der Waals surface area contributed by atoms with Gasteiger partial charge in [0, 0.05) is 19.7 Å². The minimum atomic E-state index is 0.235. The molecule has 0 aromatic carbocycles. The quantitative estimate of drug-likeness (QED) is 0.898. The number of hydrogen-bond acceptors (Lipinski definition) is 6. The van der Waals surface area contributed by atoms with Crippen LogP contribution in [-0.2, 0) is 6.54 Å². The van der Waals surface area contributed by atoms with Gasteiger partial charge in [-0.25, -0.2) is 0 Å². The monoisotopic (exact) mass is 263 g/mol. The molecule has 1 fully saturated rings. The summed E-state index contributed by atoms with van der Waals surface area (Å²) in [6, 6.07) is 3.57. The van der Waals surface area contributed by atoms with Crippen molar-refractivity contribution in [1.82, 2.24) is 15.1 Å². The molecule has 0 unspecified atom stereocenters. The fourth-order valence-electron chi connectivity index (χ4n) is 2.52. The SMILES string of the molecule is C[C@@H]1CN(Cc2nnc(-c3ccco3)o2)C[C@H]1CO. The highest BCUT2D eigenvalue weighted by atomic mass is 16.4. The second kappa shape index (κ2) is 5.14. The largest absolute Gasteiger partial charge is 0.459 e. The van der Waals surface area contributed by atoms with Crippen LogP contribution in [0.1, 0.15) is 12.8 Å². The molecular weight excluding hydrogens is 246 g/mol. The third-order valence-corrected chi connectivity index (χ3v) is 3.64. The van der Waals surface area contributed by atoms with E-state index >= 15 is 0 Å². The van der Waals surface area contributed by atoms with Crippen LogP contribution in [0.15, 0.2) is 27.2 Å². The first-order valence-electron chi connectivity index (χ1n) is 6.45. The average Bonchev–Trinajstić information content (AvgIpc) is 3.09. The fraction of sp³-hybridized carbons (Fsp3) is 0.538. The molecule has 0 saturated carbocycles. The topological polar surface area (TPSA) is 75.5 Å². The number of nitrogens with zero attached hydrogens (tertiary/aromatic N) is 3. The molecule has 6 heteroatoms. The zero-order chi connectivity index (χ0) is 13.2. The molecule has 0 bridgehead atoms. The maximum Gasteiger partial charge on any atom is 0.283 e. The van der Waals surface area contributed by atoms with E-state index in [4.69, 9.17) is 8.83 Å². The lowest BCUT2D eigenvalue weighted by Gasteiger charge is -2.11. The second-order valence-electron chi connectivity index (χ2n) is 5.09. The van der Waals surface area contributed by atoms with E-state index in [9.17, 15) is 5.11 Å².